The summed E-state index contributed by atoms with van der Waals surface area (Å²) in [5.74, 6) is -1.33. The summed E-state index contributed by atoms with van der Waals surface area (Å²) in [5, 5.41) is 16.9. The standard InChI is InChI=1S/C16H18N4O3/c21-15(19-8-6-13(7-9-19)16(22)23)14-11-20(18-17-14)10-12-4-2-1-3-5-12/h1-5,11,13H,6-10H2,(H,22,23). The highest BCUT2D eigenvalue weighted by atomic mass is 16.4. The van der Waals surface area contributed by atoms with E-state index in [9.17, 15) is 9.59 Å². The van der Waals surface area contributed by atoms with Crippen molar-refractivity contribution in [1.82, 2.24) is 19.9 Å². The molecule has 23 heavy (non-hydrogen) atoms. The quantitative estimate of drug-likeness (QED) is 0.918. The molecule has 7 nitrogen and oxygen atoms in total. The summed E-state index contributed by atoms with van der Waals surface area (Å²) in [5.41, 5.74) is 1.38. The Morgan fingerprint density at radius 2 is 1.87 bits per heavy atom. The van der Waals surface area contributed by atoms with Crippen LogP contribution in [0.25, 0.3) is 0 Å². The Bertz CT molecular complexity index is 690. The third-order valence-corrected chi connectivity index (χ3v) is 4.08. The number of amides is 1. The highest BCUT2D eigenvalue weighted by molar-refractivity contribution is 5.92. The summed E-state index contributed by atoms with van der Waals surface area (Å²) in [6.45, 7) is 1.45. The molecule has 120 valence electrons. The molecule has 2 heterocycles. The first kappa shape index (κ1) is 15.2. The Morgan fingerprint density at radius 1 is 1.17 bits per heavy atom. The normalized spacial score (nSPS) is 15.6. The van der Waals surface area contributed by atoms with Crippen molar-refractivity contribution in [2.24, 2.45) is 5.92 Å². The van der Waals surface area contributed by atoms with Crippen LogP contribution in [-0.2, 0) is 11.3 Å². The minimum absolute atomic E-state index is 0.187. The molecule has 1 aromatic carbocycles. The summed E-state index contributed by atoms with van der Waals surface area (Å²) in [6.07, 6.45) is 2.61. The Labute approximate surface area is 133 Å². The largest absolute Gasteiger partial charge is 0.481 e. The van der Waals surface area contributed by atoms with E-state index >= 15 is 0 Å². The molecule has 2 aromatic rings. The second-order valence-electron chi connectivity index (χ2n) is 5.69. The number of benzene rings is 1. The zero-order valence-electron chi connectivity index (χ0n) is 12.6. The van der Waals surface area contributed by atoms with Crippen LogP contribution < -0.4 is 0 Å². The lowest BCUT2D eigenvalue weighted by atomic mass is 9.97. The molecule has 1 fully saturated rings. The third kappa shape index (κ3) is 3.56. The van der Waals surface area contributed by atoms with Gasteiger partial charge in [-0.3, -0.25) is 9.59 Å². The molecule has 0 atom stereocenters. The van der Waals surface area contributed by atoms with Crippen LogP contribution in [0.4, 0.5) is 0 Å². The van der Waals surface area contributed by atoms with Gasteiger partial charge in [0.2, 0.25) is 0 Å². The molecule has 1 aromatic heterocycles. The van der Waals surface area contributed by atoms with Crippen LogP contribution in [0.1, 0.15) is 28.9 Å². The second-order valence-corrected chi connectivity index (χ2v) is 5.69. The van der Waals surface area contributed by atoms with Gasteiger partial charge in [0.25, 0.3) is 5.91 Å². The van der Waals surface area contributed by atoms with Gasteiger partial charge in [0, 0.05) is 13.1 Å². The maximum absolute atomic E-state index is 12.4. The maximum atomic E-state index is 12.4. The fourth-order valence-corrected chi connectivity index (χ4v) is 2.74. The highest BCUT2D eigenvalue weighted by Gasteiger charge is 2.28. The number of piperidine rings is 1. The summed E-state index contributed by atoms with van der Waals surface area (Å²) in [7, 11) is 0. The SMILES string of the molecule is O=C(O)C1CCN(C(=O)c2cn(Cc3ccccc3)nn2)CC1. The van der Waals surface area contributed by atoms with E-state index in [0.717, 1.165) is 5.56 Å². The van der Waals surface area contributed by atoms with E-state index in [-0.39, 0.29) is 11.8 Å². The molecule has 0 saturated carbocycles. The number of carboxylic acid groups (broad SMARTS) is 1. The van der Waals surface area contributed by atoms with E-state index in [4.69, 9.17) is 5.11 Å². The van der Waals surface area contributed by atoms with Gasteiger partial charge in [-0.15, -0.1) is 5.10 Å². The van der Waals surface area contributed by atoms with Crippen molar-refractivity contribution in [3.05, 3.63) is 47.8 Å². The van der Waals surface area contributed by atoms with Crippen LogP contribution in [0.2, 0.25) is 0 Å². The van der Waals surface area contributed by atoms with Crippen molar-refractivity contribution < 1.29 is 14.7 Å². The van der Waals surface area contributed by atoms with E-state index in [2.05, 4.69) is 10.3 Å². The van der Waals surface area contributed by atoms with Gasteiger partial charge >= 0.3 is 5.97 Å². The zero-order valence-corrected chi connectivity index (χ0v) is 12.6. The van der Waals surface area contributed by atoms with Crippen molar-refractivity contribution in [3.63, 3.8) is 0 Å². The topological polar surface area (TPSA) is 88.3 Å². The molecular formula is C16H18N4O3. The first-order valence-electron chi connectivity index (χ1n) is 7.59. The first-order chi connectivity index (χ1) is 11.1. The van der Waals surface area contributed by atoms with Gasteiger partial charge in [0.1, 0.15) is 0 Å². The minimum atomic E-state index is -0.786. The van der Waals surface area contributed by atoms with Crippen molar-refractivity contribution in [1.29, 1.82) is 0 Å². The van der Waals surface area contributed by atoms with E-state index in [0.29, 0.717) is 38.2 Å². The number of carbonyl (C=O) groups is 2. The molecule has 1 N–H and O–H groups in total. The molecule has 0 aliphatic carbocycles. The molecule has 0 bridgehead atoms. The summed E-state index contributed by atoms with van der Waals surface area (Å²) in [6, 6.07) is 9.82. The van der Waals surface area contributed by atoms with Crippen molar-refractivity contribution in [3.8, 4) is 0 Å². The number of carboxylic acids is 1. The number of nitrogens with zero attached hydrogens (tertiary/aromatic N) is 4. The molecule has 0 spiro atoms. The predicted octanol–water partition coefficient (Wildman–Crippen LogP) is 1.26. The smallest absolute Gasteiger partial charge is 0.306 e. The number of likely N-dealkylation sites (tertiary alicyclic amines) is 1. The monoisotopic (exact) mass is 314 g/mol. The van der Waals surface area contributed by atoms with E-state index < -0.39 is 5.97 Å². The highest BCUT2D eigenvalue weighted by Crippen LogP contribution is 2.18. The van der Waals surface area contributed by atoms with Crippen molar-refractivity contribution in [2.45, 2.75) is 19.4 Å². The molecule has 0 unspecified atom stereocenters. The second kappa shape index (κ2) is 6.60. The lowest BCUT2D eigenvalue weighted by Crippen LogP contribution is -2.40. The fourth-order valence-electron chi connectivity index (χ4n) is 2.74. The number of rotatable bonds is 4. The third-order valence-electron chi connectivity index (χ3n) is 4.08. The number of hydrogen-bond donors (Lipinski definition) is 1. The number of carbonyl (C=O) groups excluding carboxylic acids is 1. The van der Waals surface area contributed by atoms with E-state index in [1.54, 1.807) is 15.8 Å². The Kier molecular flexibility index (Phi) is 4.36. The van der Waals surface area contributed by atoms with Crippen LogP contribution in [0.3, 0.4) is 0 Å². The van der Waals surface area contributed by atoms with Gasteiger partial charge in [-0.25, -0.2) is 4.68 Å². The molecule has 1 saturated heterocycles. The molecule has 0 radical (unpaired) electrons. The van der Waals surface area contributed by atoms with Crippen molar-refractivity contribution >= 4 is 11.9 Å². The molecular weight excluding hydrogens is 296 g/mol. The molecule has 3 rings (SSSR count). The summed E-state index contributed by atoms with van der Waals surface area (Å²) < 4.78 is 1.63. The average Bonchev–Trinajstić information content (AvgIpc) is 3.03. The number of hydrogen-bond acceptors (Lipinski definition) is 4. The van der Waals surface area contributed by atoms with Gasteiger partial charge in [-0.2, -0.15) is 0 Å². The zero-order chi connectivity index (χ0) is 16.2. The van der Waals surface area contributed by atoms with Crippen LogP contribution in [0.15, 0.2) is 36.5 Å². The summed E-state index contributed by atoms with van der Waals surface area (Å²) >= 11 is 0. The number of aliphatic carboxylic acids is 1. The van der Waals surface area contributed by atoms with Crippen molar-refractivity contribution in [2.75, 3.05) is 13.1 Å². The van der Waals surface area contributed by atoms with Gasteiger partial charge in [-0.05, 0) is 18.4 Å². The number of aromatic nitrogens is 3. The fraction of sp³-hybridized carbons (Fsp3) is 0.375. The Balaban J connectivity index is 1.62. The average molecular weight is 314 g/mol. The Morgan fingerprint density at radius 3 is 2.52 bits per heavy atom. The predicted molar refractivity (Wildman–Crippen MR) is 81.8 cm³/mol. The lowest BCUT2D eigenvalue weighted by Gasteiger charge is -2.29. The van der Waals surface area contributed by atoms with Gasteiger partial charge in [0.05, 0.1) is 18.7 Å². The molecule has 7 heteroatoms. The van der Waals surface area contributed by atoms with Crippen LogP contribution in [0.5, 0.6) is 0 Å². The minimum Gasteiger partial charge on any atom is -0.481 e. The first-order valence-corrected chi connectivity index (χ1v) is 7.59. The maximum Gasteiger partial charge on any atom is 0.306 e. The van der Waals surface area contributed by atoms with Gasteiger partial charge in [-0.1, -0.05) is 35.5 Å². The molecule has 1 aliphatic heterocycles. The van der Waals surface area contributed by atoms with Crippen LogP contribution in [0, 0.1) is 5.92 Å². The van der Waals surface area contributed by atoms with Crippen LogP contribution >= 0.6 is 0 Å². The van der Waals surface area contributed by atoms with Crippen LogP contribution in [-0.4, -0.2) is 50.0 Å². The Hall–Kier alpha value is -2.70. The molecule has 1 amide bonds. The molecule has 1 aliphatic rings. The van der Waals surface area contributed by atoms with E-state index in [1.807, 2.05) is 30.3 Å². The lowest BCUT2D eigenvalue weighted by molar-refractivity contribution is -0.143. The van der Waals surface area contributed by atoms with Gasteiger partial charge < -0.3 is 10.0 Å². The van der Waals surface area contributed by atoms with Gasteiger partial charge in [0.15, 0.2) is 5.69 Å². The summed E-state index contributed by atoms with van der Waals surface area (Å²) in [4.78, 5) is 25.0. The van der Waals surface area contributed by atoms with E-state index in [1.165, 1.54) is 0 Å².